The van der Waals surface area contributed by atoms with Crippen molar-refractivity contribution in [1.29, 1.82) is 5.26 Å². The van der Waals surface area contributed by atoms with Gasteiger partial charge in [-0.3, -0.25) is 9.36 Å². The Labute approximate surface area is 136 Å². The third kappa shape index (κ3) is 3.61. The van der Waals surface area contributed by atoms with Gasteiger partial charge in [-0.05, 0) is 38.6 Å². The number of benzene rings is 1. The largest absolute Gasteiger partial charge is 0.494 e. The van der Waals surface area contributed by atoms with E-state index in [1.165, 1.54) is 4.57 Å². The summed E-state index contributed by atoms with van der Waals surface area (Å²) in [6.45, 7) is 2.52. The summed E-state index contributed by atoms with van der Waals surface area (Å²) < 4.78 is 1.30. The van der Waals surface area contributed by atoms with E-state index in [0.29, 0.717) is 30.6 Å². The molecular formula is C18H21N3O2. The Morgan fingerprint density at radius 1 is 1.26 bits per heavy atom. The quantitative estimate of drug-likeness (QED) is 0.917. The summed E-state index contributed by atoms with van der Waals surface area (Å²) in [5.74, 6) is -0.0452. The molecule has 0 aliphatic carbocycles. The highest BCUT2D eigenvalue weighted by molar-refractivity contribution is 5.45. The number of nitriles is 1. The molecule has 0 spiro atoms. The summed E-state index contributed by atoms with van der Waals surface area (Å²) in [5.41, 5.74) is 1.93. The summed E-state index contributed by atoms with van der Waals surface area (Å²) in [6.07, 6.45) is 0.615. The van der Waals surface area contributed by atoms with Crippen LogP contribution < -0.4 is 5.56 Å². The zero-order valence-corrected chi connectivity index (χ0v) is 13.7. The van der Waals surface area contributed by atoms with E-state index in [0.717, 1.165) is 5.56 Å². The lowest BCUT2D eigenvalue weighted by molar-refractivity contribution is 0.359. The molecule has 0 aliphatic heterocycles. The van der Waals surface area contributed by atoms with Gasteiger partial charge in [-0.25, -0.2) is 0 Å². The standard InChI is InChI=1S/C18H21N3O2/c1-13-15(11-19)17(22)21(18(23)16(13)12-20(2)3)10-9-14-7-5-4-6-8-14/h4-8,23H,9-10,12H2,1-3H3. The van der Waals surface area contributed by atoms with Crippen LogP contribution in [0.3, 0.4) is 0 Å². The van der Waals surface area contributed by atoms with E-state index < -0.39 is 5.56 Å². The average Bonchev–Trinajstić information content (AvgIpc) is 2.53. The molecule has 0 radical (unpaired) electrons. The van der Waals surface area contributed by atoms with Crippen LogP contribution in [0, 0.1) is 18.3 Å². The van der Waals surface area contributed by atoms with Crippen LogP contribution in [0.15, 0.2) is 35.1 Å². The molecule has 0 amide bonds. The summed E-state index contributed by atoms with van der Waals surface area (Å²) in [5, 5.41) is 19.8. The lowest BCUT2D eigenvalue weighted by atomic mass is 10.0. The van der Waals surface area contributed by atoms with E-state index in [1.807, 2.05) is 55.4 Å². The maximum absolute atomic E-state index is 12.5. The lowest BCUT2D eigenvalue weighted by Crippen LogP contribution is -2.27. The zero-order chi connectivity index (χ0) is 17.0. The summed E-state index contributed by atoms with van der Waals surface area (Å²) in [4.78, 5) is 14.4. The van der Waals surface area contributed by atoms with Crippen molar-refractivity contribution < 1.29 is 5.11 Å². The van der Waals surface area contributed by atoms with Crippen LogP contribution in [0.5, 0.6) is 5.88 Å². The zero-order valence-electron chi connectivity index (χ0n) is 13.7. The Morgan fingerprint density at radius 3 is 2.48 bits per heavy atom. The fraction of sp³-hybridized carbons (Fsp3) is 0.333. The van der Waals surface area contributed by atoms with Crippen LogP contribution in [-0.4, -0.2) is 28.7 Å². The van der Waals surface area contributed by atoms with Gasteiger partial charge in [-0.2, -0.15) is 5.26 Å². The molecule has 2 aromatic rings. The number of aromatic nitrogens is 1. The molecule has 5 heteroatoms. The fourth-order valence-corrected chi connectivity index (χ4v) is 2.60. The van der Waals surface area contributed by atoms with Crippen LogP contribution in [0.4, 0.5) is 0 Å². The Kier molecular flexibility index (Phi) is 5.20. The van der Waals surface area contributed by atoms with Crippen LogP contribution in [0.2, 0.25) is 0 Å². The molecule has 5 nitrogen and oxygen atoms in total. The van der Waals surface area contributed by atoms with Crippen molar-refractivity contribution >= 4 is 0 Å². The minimum absolute atomic E-state index is 0.0452. The number of hydrogen-bond acceptors (Lipinski definition) is 4. The monoisotopic (exact) mass is 311 g/mol. The third-order valence-electron chi connectivity index (χ3n) is 3.87. The van der Waals surface area contributed by atoms with Crippen LogP contribution >= 0.6 is 0 Å². The number of aromatic hydroxyl groups is 1. The summed E-state index contributed by atoms with van der Waals surface area (Å²) in [7, 11) is 3.76. The Bertz CT molecular complexity index is 787. The molecule has 1 aromatic carbocycles. The molecule has 0 saturated heterocycles. The number of aryl methyl sites for hydroxylation is 1. The highest BCUT2D eigenvalue weighted by Gasteiger charge is 2.19. The molecule has 2 rings (SSSR count). The fourth-order valence-electron chi connectivity index (χ4n) is 2.60. The van der Waals surface area contributed by atoms with E-state index in [9.17, 15) is 15.2 Å². The Balaban J connectivity index is 2.46. The van der Waals surface area contributed by atoms with E-state index in [4.69, 9.17) is 0 Å². The van der Waals surface area contributed by atoms with Crippen LogP contribution in [0.1, 0.15) is 22.3 Å². The first kappa shape index (κ1) is 16.8. The van der Waals surface area contributed by atoms with E-state index >= 15 is 0 Å². The maximum Gasteiger partial charge on any atom is 0.271 e. The molecule has 0 aliphatic rings. The van der Waals surface area contributed by atoms with Crippen molar-refractivity contribution in [1.82, 2.24) is 9.47 Å². The van der Waals surface area contributed by atoms with E-state index in [1.54, 1.807) is 6.92 Å². The van der Waals surface area contributed by atoms with Crippen molar-refractivity contribution in [2.45, 2.75) is 26.4 Å². The van der Waals surface area contributed by atoms with Gasteiger partial charge in [0.05, 0.1) is 0 Å². The Hall–Kier alpha value is -2.58. The average molecular weight is 311 g/mol. The highest BCUT2D eigenvalue weighted by Crippen LogP contribution is 2.23. The van der Waals surface area contributed by atoms with Gasteiger partial charge >= 0.3 is 0 Å². The molecule has 0 bridgehead atoms. The lowest BCUT2D eigenvalue weighted by Gasteiger charge is -2.18. The normalized spacial score (nSPS) is 10.7. The molecule has 120 valence electrons. The first-order valence-corrected chi connectivity index (χ1v) is 7.49. The van der Waals surface area contributed by atoms with Crippen LogP contribution in [0.25, 0.3) is 0 Å². The minimum Gasteiger partial charge on any atom is -0.494 e. The van der Waals surface area contributed by atoms with Crippen molar-refractivity contribution in [3.63, 3.8) is 0 Å². The van der Waals surface area contributed by atoms with Gasteiger partial charge < -0.3 is 10.0 Å². The number of rotatable bonds is 5. The highest BCUT2D eigenvalue weighted by atomic mass is 16.3. The number of nitrogens with zero attached hydrogens (tertiary/aromatic N) is 3. The number of hydrogen-bond donors (Lipinski definition) is 1. The van der Waals surface area contributed by atoms with Gasteiger partial charge in [0, 0.05) is 18.7 Å². The van der Waals surface area contributed by atoms with Gasteiger partial charge in [-0.1, -0.05) is 30.3 Å². The molecular weight excluding hydrogens is 290 g/mol. The molecule has 0 atom stereocenters. The summed E-state index contributed by atoms with van der Waals surface area (Å²) >= 11 is 0. The van der Waals surface area contributed by atoms with Gasteiger partial charge in [0.1, 0.15) is 11.6 Å². The Morgan fingerprint density at radius 2 is 1.91 bits per heavy atom. The van der Waals surface area contributed by atoms with E-state index in [-0.39, 0.29) is 11.4 Å². The first-order chi connectivity index (χ1) is 11.0. The number of pyridine rings is 1. The van der Waals surface area contributed by atoms with Crippen molar-refractivity contribution in [2.75, 3.05) is 14.1 Å². The molecule has 1 N–H and O–H groups in total. The SMILES string of the molecule is Cc1c(CN(C)C)c(O)n(CCc2ccccc2)c(=O)c1C#N. The third-order valence-corrected chi connectivity index (χ3v) is 3.87. The molecule has 23 heavy (non-hydrogen) atoms. The molecule has 1 heterocycles. The molecule has 1 aromatic heterocycles. The van der Waals surface area contributed by atoms with Gasteiger partial charge in [-0.15, -0.1) is 0 Å². The predicted molar refractivity (Wildman–Crippen MR) is 89.4 cm³/mol. The van der Waals surface area contributed by atoms with Crippen molar-refractivity contribution in [2.24, 2.45) is 0 Å². The maximum atomic E-state index is 12.5. The second kappa shape index (κ2) is 7.12. The topological polar surface area (TPSA) is 69.3 Å². The summed E-state index contributed by atoms with van der Waals surface area (Å²) in [6, 6.07) is 11.7. The van der Waals surface area contributed by atoms with Gasteiger partial charge in [0.25, 0.3) is 5.56 Å². The minimum atomic E-state index is -0.430. The first-order valence-electron chi connectivity index (χ1n) is 7.49. The second-order valence-corrected chi connectivity index (χ2v) is 5.84. The van der Waals surface area contributed by atoms with Gasteiger partial charge in [0.15, 0.2) is 5.88 Å². The molecule has 0 unspecified atom stereocenters. The molecule has 0 saturated carbocycles. The predicted octanol–water partition coefficient (Wildman–Crippen LogP) is 2.04. The second-order valence-electron chi connectivity index (χ2n) is 5.84. The van der Waals surface area contributed by atoms with Crippen molar-refractivity contribution in [3.8, 4) is 11.9 Å². The van der Waals surface area contributed by atoms with Gasteiger partial charge in [0.2, 0.25) is 0 Å². The van der Waals surface area contributed by atoms with E-state index in [2.05, 4.69) is 0 Å². The molecule has 0 fully saturated rings. The van der Waals surface area contributed by atoms with Crippen LogP contribution in [-0.2, 0) is 19.5 Å². The van der Waals surface area contributed by atoms with Crippen molar-refractivity contribution in [3.05, 3.63) is 62.9 Å². The smallest absolute Gasteiger partial charge is 0.271 e.